The minimum atomic E-state index is -0.692. The van der Waals surface area contributed by atoms with Crippen molar-refractivity contribution in [1.29, 1.82) is 0 Å². The Morgan fingerprint density at radius 3 is 1.73 bits per heavy atom. The van der Waals surface area contributed by atoms with Gasteiger partial charge in [-0.05, 0) is 63.5 Å². The van der Waals surface area contributed by atoms with Crippen molar-refractivity contribution in [2.45, 2.75) is 64.7 Å². The van der Waals surface area contributed by atoms with Crippen LogP contribution in [0.5, 0.6) is 0 Å². The maximum atomic E-state index is 4.75. The summed E-state index contributed by atoms with van der Waals surface area (Å²) in [6, 6.07) is 17.2. The normalized spacial score (nSPS) is 12.4. The van der Waals surface area contributed by atoms with E-state index in [2.05, 4.69) is 87.2 Å². The molecule has 0 radical (unpaired) electrons. The number of hydrogen-bond donors (Lipinski definition) is 0. The van der Waals surface area contributed by atoms with Crippen molar-refractivity contribution in [2.75, 3.05) is 0 Å². The Kier molecular flexibility index (Phi) is 7.11. The van der Waals surface area contributed by atoms with Gasteiger partial charge in [0, 0.05) is 26.5 Å². The average Bonchev–Trinajstić information content (AvgIpc) is 2.71. The highest BCUT2D eigenvalue weighted by molar-refractivity contribution is 7.71. The summed E-state index contributed by atoms with van der Waals surface area (Å²) in [7, 11) is 2.24. The molecule has 0 amide bonds. The van der Waals surface area contributed by atoms with Gasteiger partial charge in [-0.1, -0.05) is 65.8 Å². The molecule has 0 fully saturated rings. The minimum Gasteiger partial charge on any atom is -0.256 e. The van der Waals surface area contributed by atoms with E-state index in [9.17, 15) is 0 Å². The zero-order valence-electron chi connectivity index (χ0n) is 19.1. The molecular formula is C26H34N2P2. The highest BCUT2D eigenvalue weighted by Gasteiger charge is 2.30. The minimum absolute atomic E-state index is 0.0586. The van der Waals surface area contributed by atoms with Crippen LogP contribution in [0.1, 0.15) is 63.8 Å². The van der Waals surface area contributed by atoms with E-state index in [1.54, 1.807) is 0 Å². The third kappa shape index (κ3) is 5.16. The second-order valence-corrected chi connectivity index (χ2v) is 12.3. The number of nitrogens with zero attached hydrogens (tertiary/aromatic N) is 2. The molecule has 2 nitrogen and oxygen atoms in total. The van der Waals surface area contributed by atoms with Gasteiger partial charge in [-0.15, -0.1) is 9.24 Å². The van der Waals surface area contributed by atoms with E-state index in [4.69, 9.17) is 9.97 Å². The maximum Gasteiger partial charge on any atom is 0.0695 e. The van der Waals surface area contributed by atoms with Crippen molar-refractivity contribution in [1.82, 2.24) is 9.97 Å². The molecule has 0 bridgehead atoms. The Balaban J connectivity index is 2.24. The van der Waals surface area contributed by atoms with E-state index in [-0.39, 0.29) is 10.8 Å². The molecule has 0 aliphatic carbocycles. The summed E-state index contributed by atoms with van der Waals surface area (Å²) >= 11 is 0. The highest BCUT2D eigenvalue weighted by Crippen LogP contribution is 2.44. The van der Waals surface area contributed by atoms with E-state index in [0.717, 1.165) is 23.2 Å². The van der Waals surface area contributed by atoms with Gasteiger partial charge in [-0.3, -0.25) is 9.97 Å². The molecule has 1 atom stereocenters. The fraction of sp³-hybridized carbons (Fsp3) is 0.385. The number of hydrogen-bond acceptors (Lipinski definition) is 2. The second kappa shape index (κ2) is 9.25. The maximum absolute atomic E-state index is 4.75. The van der Waals surface area contributed by atoms with Crippen molar-refractivity contribution in [3.63, 3.8) is 0 Å². The predicted octanol–water partition coefficient (Wildman–Crippen LogP) is 6.08. The molecule has 0 saturated carbocycles. The van der Waals surface area contributed by atoms with E-state index in [1.165, 1.54) is 22.3 Å². The molecule has 0 saturated heterocycles. The van der Waals surface area contributed by atoms with Gasteiger partial charge in [-0.25, -0.2) is 0 Å². The largest absolute Gasteiger partial charge is 0.256 e. The van der Waals surface area contributed by atoms with Crippen LogP contribution in [0.15, 0.2) is 60.9 Å². The Morgan fingerprint density at radius 2 is 1.33 bits per heavy atom. The summed E-state index contributed by atoms with van der Waals surface area (Å²) < 4.78 is 0. The van der Waals surface area contributed by atoms with Crippen LogP contribution in [-0.4, -0.2) is 9.97 Å². The molecule has 3 aromatic rings. The Morgan fingerprint density at radius 1 is 0.767 bits per heavy atom. The number of rotatable bonds is 5. The Hall–Kier alpha value is -1.62. The average molecular weight is 437 g/mol. The van der Waals surface area contributed by atoms with E-state index >= 15 is 0 Å². The topological polar surface area (TPSA) is 25.8 Å². The number of benzene rings is 1. The monoisotopic (exact) mass is 436 g/mol. The van der Waals surface area contributed by atoms with Gasteiger partial charge >= 0.3 is 0 Å². The Bertz CT molecular complexity index is 932. The summed E-state index contributed by atoms with van der Waals surface area (Å²) in [6.07, 6.45) is 5.72. The lowest BCUT2D eigenvalue weighted by atomic mass is 9.72. The zero-order chi connectivity index (χ0) is 21.9. The SMILES string of the molecule is CC(C)(C)c1ccc(CP)c(CP(c2ccccn2)c2ccccn2)c1C(C)(C)C. The molecule has 30 heavy (non-hydrogen) atoms. The molecule has 158 valence electrons. The highest BCUT2D eigenvalue weighted by atomic mass is 31.1. The van der Waals surface area contributed by atoms with Crippen LogP contribution in [0.3, 0.4) is 0 Å². The van der Waals surface area contributed by atoms with Gasteiger partial charge in [0.2, 0.25) is 0 Å². The molecule has 2 heterocycles. The van der Waals surface area contributed by atoms with Crippen LogP contribution in [0.4, 0.5) is 0 Å². The molecular weight excluding hydrogens is 402 g/mol. The van der Waals surface area contributed by atoms with Crippen LogP contribution in [0.25, 0.3) is 0 Å². The lowest BCUT2D eigenvalue weighted by Gasteiger charge is -2.34. The van der Waals surface area contributed by atoms with Gasteiger partial charge < -0.3 is 0 Å². The summed E-state index contributed by atoms with van der Waals surface area (Å²) in [6.45, 7) is 14.0. The smallest absolute Gasteiger partial charge is 0.0695 e. The predicted molar refractivity (Wildman–Crippen MR) is 136 cm³/mol. The van der Waals surface area contributed by atoms with Gasteiger partial charge in [0.15, 0.2) is 0 Å². The van der Waals surface area contributed by atoms with Crippen LogP contribution in [-0.2, 0) is 23.2 Å². The van der Waals surface area contributed by atoms with E-state index < -0.39 is 7.92 Å². The standard InChI is InChI=1S/C26H34N2P2/c1-25(2,3)21-14-13-19(17-29)20(24(21)26(4,5)6)18-30(22-11-7-9-15-27-22)23-12-8-10-16-28-23/h7-16H,17-18,29H2,1-6H3. The lowest BCUT2D eigenvalue weighted by Crippen LogP contribution is -2.26. The summed E-state index contributed by atoms with van der Waals surface area (Å²) in [5.74, 6) is 0. The lowest BCUT2D eigenvalue weighted by molar-refractivity contribution is 0.526. The molecule has 2 aromatic heterocycles. The van der Waals surface area contributed by atoms with Crippen LogP contribution >= 0.6 is 17.2 Å². The quantitative estimate of drug-likeness (QED) is 0.453. The molecule has 0 aliphatic rings. The summed E-state index contributed by atoms with van der Waals surface area (Å²) in [5.41, 5.74) is 8.27. The van der Waals surface area contributed by atoms with Gasteiger partial charge in [0.1, 0.15) is 0 Å². The van der Waals surface area contributed by atoms with Crippen molar-refractivity contribution in [3.05, 3.63) is 83.2 Å². The van der Waals surface area contributed by atoms with Crippen LogP contribution in [0, 0.1) is 0 Å². The molecule has 4 heteroatoms. The van der Waals surface area contributed by atoms with Crippen molar-refractivity contribution in [3.8, 4) is 0 Å². The molecule has 1 unspecified atom stereocenters. The number of aromatic nitrogens is 2. The number of pyridine rings is 2. The molecule has 3 rings (SSSR count). The van der Waals surface area contributed by atoms with E-state index in [1.807, 2.05) is 24.5 Å². The molecule has 1 aromatic carbocycles. The Labute approximate surface area is 185 Å². The zero-order valence-corrected chi connectivity index (χ0v) is 21.2. The first kappa shape index (κ1) is 23.1. The molecule has 0 spiro atoms. The molecule has 0 aliphatic heterocycles. The summed E-state index contributed by atoms with van der Waals surface area (Å²) in [4.78, 5) is 9.51. The van der Waals surface area contributed by atoms with Gasteiger partial charge in [0.25, 0.3) is 0 Å². The first-order valence-electron chi connectivity index (χ1n) is 10.6. The van der Waals surface area contributed by atoms with Crippen molar-refractivity contribution < 1.29 is 0 Å². The second-order valence-electron chi connectivity index (χ2n) is 9.79. The third-order valence-corrected chi connectivity index (χ3v) is 8.06. The fourth-order valence-electron chi connectivity index (χ4n) is 4.01. The van der Waals surface area contributed by atoms with Crippen molar-refractivity contribution in [2.24, 2.45) is 0 Å². The third-order valence-electron chi connectivity index (χ3n) is 5.36. The van der Waals surface area contributed by atoms with Crippen molar-refractivity contribution >= 4 is 28.0 Å². The van der Waals surface area contributed by atoms with Crippen LogP contribution in [0.2, 0.25) is 0 Å². The first-order chi connectivity index (χ1) is 14.1. The first-order valence-corrected chi connectivity index (χ1v) is 12.9. The van der Waals surface area contributed by atoms with Crippen LogP contribution < -0.4 is 10.9 Å². The van der Waals surface area contributed by atoms with Gasteiger partial charge in [-0.2, -0.15) is 0 Å². The van der Waals surface area contributed by atoms with E-state index in [0.29, 0.717) is 0 Å². The summed E-state index contributed by atoms with van der Waals surface area (Å²) in [5, 5.41) is 0. The van der Waals surface area contributed by atoms with Gasteiger partial charge in [0.05, 0.1) is 10.9 Å². The molecule has 0 N–H and O–H groups in total. The fourth-order valence-corrected chi connectivity index (χ4v) is 6.57.